The molecule has 10 nitrogen and oxygen atoms in total. The van der Waals surface area contributed by atoms with Crippen LogP contribution in [0.2, 0.25) is 0 Å². The molecule has 0 fully saturated rings. The van der Waals surface area contributed by atoms with Gasteiger partial charge in [0.2, 0.25) is 5.95 Å². The van der Waals surface area contributed by atoms with Gasteiger partial charge < -0.3 is 4.98 Å². The van der Waals surface area contributed by atoms with Crippen molar-refractivity contribution < 1.29 is 0 Å². The third-order valence-electron chi connectivity index (χ3n) is 1.49. The number of rotatable bonds is 2. The molecule has 0 amide bonds. The molecule has 0 saturated carbocycles. The lowest BCUT2D eigenvalue weighted by Crippen LogP contribution is -1.80. The van der Waals surface area contributed by atoms with Gasteiger partial charge in [-0.25, -0.2) is 15.0 Å². The van der Waals surface area contributed by atoms with Crippen LogP contribution in [-0.2, 0) is 0 Å². The van der Waals surface area contributed by atoms with Gasteiger partial charge in [0.05, 0.1) is 6.20 Å². The Balaban J connectivity index is 2.61. The highest BCUT2D eigenvalue weighted by Gasteiger charge is 2.03. The molecular formula is C5H2N10. The molecule has 0 spiro atoms. The average molecular weight is 202 g/mol. The monoisotopic (exact) mass is 202 g/mol. The van der Waals surface area contributed by atoms with Crippen molar-refractivity contribution in [2.24, 2.45) is 10.2 Å². The lowest BCUT2D eigenvalue weighted by atomic mass is 10.6. The number of hydrogen-bond donors (Lipinski definition) is 1. The van der Waals surface area contributed by atoms with Crippen molar-refractivity contribution in [2.45, 2.75) is 0 Å². The maximum Gasteiger partial charge on any atom is 0.218 e. The number of imidazole rings is 1. The van der Waals surface area contributed by atoms with Crippen molar-refractivity contribution >= 4 is 23.1 Å². The molecule has 0 radical (unpaired) electrons. The fraction of sp³-hybridized carbons (Fsp3) is 0. The summed E-state index contributed by atoms with van der Waals surface area (Å²) in [5, 5.41) is 6.48. The van der Waals surface area contributed by atoms with Crippen LogP contribution in [0.15, 0.2) is 16.4 Å². The highest BCUT2D eigenvalue weighted by molar-refractivity contribution is 5.72. The molecule has 0 atom stereocenters. The minimum atomic E-state index is -0.0380. The van der Waals surface area contributed by atoms with Crippen molar-refractivity contribution in [3.8, 4) is 0 Å². The first kappa shape index (κ1) is 8.75. The van der Waals surface area contributed by atoms with Crippen LogP contribution in [0, 0.1) is 0 Å². The first-order valence-corrected chi connectivity index (χ1v) is 3.66. The van der Waals surface area contributed by atoms with Crippen LogP contribution >= 0.6 is 0 Å². The highest BCUT2D eigenvalue weighted by atomic mass is 15.3. The Morgan fingerprint density at radius 1 is 1.20 bits per heavy atom. The van der Waals surface area contributed by atoms with Gasteiger partial charge in [-0.05, 0) is 21.3 Å². The van der Waals surface area contributed by atoms with Crippen LogP contribution in [0.1, 0.15) is 0 Å². The Hall–Kier alpha value is -2.83. The van der Waals surface area contributed by atoms with E-state index in [1.54, 1.807) is 0 Å². The third kappa shape index (κ3) is 1.61. The smallest absolute Gasteiger partial charge is 0.218 e. The van der Waals surface area contributed by atoms with Gasteiger partial charge in [0.25, 0.3) is 0 Å². The summed E-state index contributed by atoms with van der Waals surface area (Å²) in [6.07, 6.45) is 1.38. The van der Waals surface area contributed by atoms with Gasteiger partial charge in [-0.1, -0.05) is 0 Å². The molecule has 0 aliphatic carbocycles. The summed E-state index contributed by atoms with van der Waals surface area (Å²) in [4.78, 5) is 19.1. The zero-order valence-corrected chi connectivity index (χ0v) is 7.10. The predicted molar refractivity (Wildman–Crippen MR) is 49.3 cm³/mol. The molecule has 72 valence electrons. The quantitative estimate of drug-likeness (QED) is 0.451. The summed E-state index contributed by atoms with van der Waals surface area (Å²) in [7, 11) is 0. The molecule has 0 aliphatic rings. The molecule has 0 aliphatic heterocycles. The van der Waals surface area contributed by atoms with Crippen molar-refractivity contribution in [1.82, 2.24) is 19.9 Å². The van der Waals surface area contributed by atoms with Crippen LogP contribution in [0.25, 0.3) is 32.0 Å². The van der Waals surface area contributed by atoms with Crippen LogP contribution < -0.4 is 0 Å². The zero-order chi connectivity index (χ0) is 10.7. The van der Waals surface area contributed by atoms with E-state index >= 15 is 0 Å². The molecule has 2 aromatic rings. The molecule has 2 heterocycles. The molecular weight excluding hydrogens is 200 g/mol. The van der Waals surface area contributed by atoms with Gasteiger partial charge in [-0.3, -0.25) is 0 Å². The number of fused-ring (bicyclic) bond motifs is 1. The molecule has 0 aromatic carbocycles. The number of nitrogens with one attached hydrogen (secondary N) is 1. The van der Waals surface area contributed by atoms with Gasteiger partial charge >= 0.3 is 0 Å². The van der Waals surface area contributed by atoms with Gasteiger partial charge in [0, 0.05) is 9.82 Å². The topological polar surface area (TPSA) is 152 Å². The maximum atomic E-state index is 8.18. The van der Waals surface area contributed by atoms with Gasteiger partial charge in [-0.2, -0.15) is 0 Å². The van der Waals surface area contributed by atoms with E-state index < -0.39 is 0 Å². The van der Waals surface area contributed by atoms with Crippen LogP contribution in [0.3, 0.4) is 0 Å². The van der Waals surface area contributed by atoms with Crippen molar-refractivity contribution in [3.05, 3.63) is 27.1 Å². The Labute approximate surface area is 81.2 Å². The number of nitrogens with zero attached hydrogens (tertiary/aromatic N) is 9. The van der Waals surface area contributed by atoms with E-state index in [1.807, 2.05) is 0 Å². The SMILES string of the molecule is [N-]=[N+]=Nc1ncc2[nH]c(N=[N+]=[N-])nc2n1. The number of hydrogen-bond acceptors (Lipinski definition) is 5. The molecule has 1 N–H and O–H groups in total. The summed E-state index contributed by atoms with van der Waals surface area (Å²) in [6, 6.07) is 0. The molecule has 0 saturated heterocycles. The number of azide groups is 2. The van der Waals surface area contributed by atoms with E-state index in [-0.39, 0.29) is 17.5 Å². The van der Waals surface area contributed by atoms with Crippen molar-refractivity contribution in [1.29, 1.82) is 0 Å². The standard InChI is InChI=1S/C5H2N10/c6-14-12-4-8-1-2-3(10-4)11-5(9-2)13-15-7/h1H,(H,8,9,10,11). The Morgan fingerprint density at radius 3 is 2.73 bits per heavy atom. The molecule has 2 rings (SSSR count). The summed E-state index contributed by atoms with van der Waals surface area (Å²) < 4.78 is 0. The second kappa shape index (κ2) is 3.50. The fourth-order valence-corrected chi connectivity index (χ4v) is 0.964. The van der Waals surface area contributed by atoms with Gasteiger partial charge in [-0.15, -0.1) is 0 Å². The van der Waals surface area contributed by atoms with E-state index in [2.05, 4.69) is 40.0 Å². The lowest BCUT2D eigenvalue weighted by molar-refractivity contribution is 1.15. The molecule has 0 bridgehead atoms. The van der Waals surface area contributed by atoms with E-state index in [0.29, 0.717) is 5.52 Å². The Morgan fingerprint density at radius 2 is 2.00 bits per heavy atom. The molecule has 0 unspecified atom stereocenters. The third-order valence-corrected chi connectivity index (χ3v) is 1.49. The Bertz CT molecular complexity index is 581. The van der Waals surface area contributed by atoms with E-state index in [9.17, 15) is 0 Å². The number of aromatic nitrogens is 4. The van der Waals surface area contributed by atoms with E-state index in [4.69, 9.17) is 11.1 Å². The molecule has 2 aromatic heterocycles. The van der Waals surface area contributed by atoms with Crippen molar-refractivity contribution in [2.75, 3.05) is 0 Å². The van der Waals surface area contributed by atoms with Crippen LogP contribution in [0.5, 0.6) is 0 Å². The average Bonchev–Trinajstić information content (AvgIpc) is 2.60. The van der Waals surface area contributed by atoms with Crippen molar-refractivity contribution in [3.63, 3.8) is 0 Å². The summed E-state index contributed by atoms with van der Waals surface area (Å²) in [5.74, 6) is 0.0453. The van der Waals surface area contributed by atoms with Gasteiger partial charge in [0.1, 0.15) is 5.52 Å². The van der Waals surface area contributed by atoms with Crippen LogP contribution in [-0.4, -0.2) is 19.9 Å². The molecule has 10 heteroatoms. The summed E-state index contributed by atoms with van der Waals surface area (Å²) in [6.45, 7) is 0. The zero-order valence-electron chi connectivity index (χ0n) is 7.10. The maximum absolute atomic E-state index is 8.18. The lowest BCUT2D eigenvalue weighted by Gasteiger charge is -1.87. The summed E-state index contributed by atoms with van der Waals surface area (Å²) in [5.41, 5.74) is 17.1. The minimum Gasteiger partial charge on any atom is -0.334 e. The second-order valence-electron chi connectivity index (χ2n) is 2.35. The summed E-state index contributed by atoms with van der Waals surface area (Å²) >= 11 is 0. The van der Waals surface area contributed by atoms with E-state index in [0.717, 1.165) is 0 Å². The molecule has 15 heavy (non-hydrogen) atoms. The van der Waals surface area contributed by atoms with Crippen LogP contribution in [0.4, 0.5) is 11.9 Å². The normalized spacial score (nSPS) is 9.33. The second-order valence-corrected chi connectivity index (χ2v) is 2.35. The highest BCUT2D eigenvalue weighted by Crippen LogP contribution is 2.15. The number of aromatic amines is 1. The van der Waals surface area contributed by atoms with Gasteiger partial charge in [0.15, 0.2) is 11.6 Å². The predicted octanol–water partition coefficient (Wildman–Crippen LogP) is 2.24. The first-order chi connectivity index (χ1) is 7.33. The first-order valence-electron chi connectivity index (χ1n) is 3.66. The van der Waals surface area contributed by atoms with E-state index in [1.165, 1.54) is 6.20 Å². The fourth-order valence-electron chi connectivity index (χ4n) is 0.964. The minimum absolute atomic E-state index is 0.0380. The number of H-pyrrole nitrogens is 1. The Kier molecular flexibility index (Phi) is 2.04. The largest absolute Gasteiger partial charge is 0.334 e.